The lowest BCUT2D eigenvalue weighted by molar-refractivity contribution is -0.120. The lowest BCUT2D eigenvalue weighted by Crippen LogP contribution is -2.38. The summed E-state index contributed by atoms with van der Waals surface area (Å²) >= 11 is 0. The fourth-order valence-electron chi connectivity index (χ4n) is 2.22. The molecule has 1 heterocycles. The topological polar surface area (TPSA) is 80.3 Å². The number of rotatable bonds is 7. The monoisotopic (exact) mass is 327 g/mol. The molecule has 2 aromatic rings. The predicted molar refractivity (Wildman–Crippen MR) is 90.7 cm³/mol. The fourth-order valence-corrected chi connectivity index (χ4v) is 2.22. The van der Waals surface area contributed by atoms with E-state index in [2.05, 4.69) is 15.6 Å². The predicted octanol–water partition coefficient (Wildman–Crippen LogP) is 2.09. The number of para-hydroxylation sites is 1. The molecule has 0 saturated heterocycles. The van der Waals surface area contributed by atoms with Crippen LogP contribution >= 0.6 is 0 Å². The molecule has 0 saturated carbocycles. The highest BCUT2D eigenvalue weighted by Gasteiger charge is 2.14. The zero-order valence-electron chi connectivity index (χ0n) is 13.8. The Hall–Kier alpha value is -2.89. The molecule has 6 nitrogen and oxygen atoms in total. The van der Waals surface area contributed by atoms with E-state index in [1.807, 2.05) is 26.0 Å². The van der Waals surface area contributed by atoms with E-state index in [0.29, 0.717) is 17.9 Å². The summed E-state index contributed by atoms with van der Waals surface area (Å²) in [5, 5.41) is 5.44. The molecule has 0 bridgehead atoms. The second-order valence-electron chi connectivity index (χ2n) is 5.18. The van der Waals surface area contributed by atoms with Gasteiger partial charge in [-0.05, 0) is 43.7 Å². The maximum atomic E-state index is 12.2. The Morgan fingerprint density at radius 2 is 1.88 bits per heavy atom. The van der Waals surface area contributed by atoms with Gasteiger partial charge in [0.25, 0.3) is 5.91 Å². The highest BCUT2D eigenvalue weighted by Crippen LogP contribution is 2.17. The third-order valence-electron chi connectivity index (χ3n) is 3.42. The number of nitrogens with one attached hydrogen (secondary N) is 2. The SMILES string of the molecule is CCOc1ccccc1C(=O)NCC(=O)NC(C)c1ccncc1. The normalized spacial score (nSPS) is 11.4. The van der Waals surface area contributed by atoms with Crippen LogP contribution in [-0.2, 0) is 4.79 Å². The summed E-state index contributed by atoms with van der Waals surface area (Å²) in [6.45, 7) is 4.09. The molecular formula is C18H21N3O3. The van der Waals surface area contributed by atoms with Gasteiger partial charge in [0, 0.05) is 12.4 Å². The molecule has 0 spiro atoms. The zero-order valence-corrected chi connectivity index (χ0v) is 13.8. The molecule has 2 N–H and O–H groups in total. The van der Waals surface area contributed by atoms with Crippen LogP contribution in [0.4, 0.5) is 0 Å². The fraction of sp³-hybridized carbons (Fsp3) is 0.278. The number of aromatic nitrogens is 1. The molecule has 24 heavy (non-hydrogen) atoms. The molecule has 0 radical (unpaired) electrons. The average Bonchev–Trinajstić information content (AvgIpc) is 2.61. The van der Waals surface area contributed by atoms with E-state index in [4.69, 9.17) is 4.74 Å². The van der Waals surface area contributed by atoms with Crippen molar-refractivity contribution in [1.82, 2.24) is 15.6 Å². The van der Waals surface area contributed by atoms with Gasteiger partial charge in [-0.15, -0.1) is 0 Å². The Kier molecular flexibility index (Phi) is 6.31. The molecule has 0 fully saturated rings. The maximum absolute atomic E-state index is 12.2. The first-order valence-corrected chi connectivity index (χ1v) is 7.81. The second-order valence-corrected chi connectivity index (χ2v) is 5.18. The van der Waals surface area contributed by atoms with Crippen LogP contribution in [0.5, 0.6) is 5.75 Å². The van der Waals surface area contributed by atoms with Crippen molar-refractivity contribution in [1.29, 1.82) is 0 Å². The third kappa shape index (κ3) is 4.81. The molecule has 1 unspecified atom stereocenters. The summed E-state index contributed by atoms with van der Waals surface area (Å²) in [7, 11) is 0. The van der Waals surface area contributed by atoms with E-state index in [0.717, 1.165) is 5.56 Å². The molecular weight excluding hydrogens is 306 g/mol. The first-order valence-electron chi connectivity index (χ1n) is 7.81. The molecule has 1 aromatic heterocycles. The number of pyridine rings is 1. The summed E-state index contributed by atoms with van der Waals surface area (Å²) in [5.74, 6) is -0.102. The quantitative estimate of drug-likeness (QED) is 0.816. The van der Waals surface area contributed by atoms with Crippen LogP contribution in [0.3, 0.4) is 0 Å². The summed E-state index contributed by atoms with van der Waals surface area (Å²) in [5.41, 5.74) is 1.36. The van der Waals surface area contributed by atoms with Gasteiger partial charge in [-0.2, -0.15) is 0 Å². The van der Waals surface area contributed by atoms with Crippen molar-refractivity contribution in [3.05, 3.63) is 59.9 Å². The Morgan fingerprint density at radius 3 is 2.58 bits per heavy atom. The Balaban J connectivity index is 1.89. The van der Waals surface area contributed by atoms with Crippen LogP contribution in [-0.4, -0.2) is 29.9 Å². The lowest BCUT2D eigenvalue weighted by Gasteiger charge is -2.15. The van der Waals surface area contributed by atoms with Crippen molar-refractivity contribution >= 4 is 11.8 Å². The van der Waals surface area contributed by atoms with E-state index in [1.165, 1.54) is 0 Å². The van der Waals surface area contributed by atoms with Gasteiger partial charge in [-0.1, -0.05) is 12.1 Å². The number of ether oxygens (including phenoxy) is 1. The van der Waals surface area contributed by atoms with Gasteiger partial charge in [0.2, 0.25) is 5.91 Å². The van der Waals surface area contributed by atoms with Crippen LogP contribution in [0.15, 0.2) is 48.8 Å². The number of carbonyl (C=O) groups excluding carboxylic acids is 2. The summed E-state index contributed by atoms with van der Waals surface area (Å²) < 4.78 is 5.42. The average molecular weight is 327 g/mol. The van der Waals surface area contributed by atoms with Crippen molar-refractivity contribution in [2.75, 3.05) is 13.2 Å². The van der Waals surface area contributed by atoms with Crippen LogP contribution in [0.1, 0.15) is 35.8 Å². The van der Waals surface area contributed by atoms with E-state index < -0.39 is 0 Å². The first kappa shape index (κ1) is 17.5. The summed E-state index contributed by atoms with van der Waals surface area (Å²) in [6.07, 6.45) is 3.34. The van der Waals surface area contributed by atoms with Gasteiger partial charge in [0.05, 0.1) is 24.8 Å². The van der Waals surface area contributed by atoms with Gasteiger partial charge in [-0.25, -0.2) is 0 Å². The van der Waals surface area contributed by atoms with Crippen LogP contribution in [0.2, 0.25) is 0 Å². The standard InChI is InChI=1S/C18H21N3O3/c1-3-24-16-7-5-4-6-15(16)18(23)20-12-17(22)21-13(2)14-8-10-19-11-9-14/h4-11,13H,3,12H2,1-2H3,(H,20,23)(H,21,22). The van der Waals surface area contributed by atoms with Gasteiger partial charge >= 0.3 is 0 Å². The molecule has 1 aromatic carbocycles. The Bertz CT molecular complexity index is 689. The summed E-state index contributed by atoms with van der Waals surface area (Å²) in [4.78, 5) is 28.2. The second kappa shape index (κ2) is 8.67. The minimum Gasteiger partial charge on any atom is -0.493 e. The Morgan fingerprint density at radius 1 is 1.17 bits per heavy atom. The molecule has 0 aliphatic carbocycles. The molecule has 0 aliphatic heterocycles. The first-order chi connectivity index (χ1) is 11.6. The van der Waals surface area contributed by atoms with Gasteiger partial charge in [-0.3, -0.25) is 14.6 Å². The zero-order chi connectivity index (χ0) is 17.4. The number of amides is 2. The highest BCUT2D eigenvalue weighted by atomic mass is 16.5. The van der Waals surface area contributed by atoms with Crippen LogP contribution < -0.4 is 15.4 Å². The molecule has 6 heteroatoms. The van der Waals surface area contributed by atoms with Gasteiger partial charge in [0.1, 0.15) is 5.75 Å². The Labute approximate surface area is 141 Å². The minimum absolute atomic E-state index is 0.102. The highest BCUT2D eigenvalue weighted by molar-refractivity contribution is 5.98. The molecule has 126 valence electrons. The van der Waals surface area contributed by atoms with Crippen molar-refractivity contribution in [3.63, 3.8) is 0 Å². The number of benzene rings is 1. The van der Waals surface area contributed by atoms with Crippen molar-refractivity contribution in [2.24, 2.45) is 0 Å². The van der Waals surface area contributed by atoms with E-state index in [-0.39, 0.29) is 24.4 Å². The number of hydrogen-bond donors (Lipinski definition) is 2. The minimum atomic E-state index is -0.342. The van der Waals surface area contributed by atoms with E-state index in [1.54, 1.807) is 36.7 Å². The van der Waals surface area contributed by atoms with Gasteiger partial charge < -0.3 is 15.4 Å². The number of nitrogens with zero attached hydrogens (tertiary/aromatic N) is 1. The summed E-state index contributed by atoms with van der Waals surface area (Å²) in [6, 6.07) is 10.5. The smallest absolute Gasteiger partial charge is 0.255 e. The molecule has 1 atom stereocenters. The largest absolute Gasteiger partial charge is 0.493 e. The molecule has 2 amide bonds. The molecule has 0 aliphatic rings. The maximum Gasteiger partial charge on any atom is 0.255 e. The lowest BCUT2D eigenvalue weighted by atomic mass is 10.1. The van der Waals surface area contributed by atoms with Gasteiger partial charge in [0.15, 0.2) is 0 Å². The van der Waals surface area contributed by atoms with Crippen molar-refractivity contribution < 1.29 is 14.3 Å². The van der Waals surface area contributed by atoms with Crippen molar-refractivity contribution in [3.8, 4) is 5.75 Å². The van der Waals surface area contributed by atoms with Crippen LogP contribution in [0.25, 0.3) is 0 Å². The number of carbonyl (C=O) groups is 2. The van der Waals surface area contributed by atoms with E-state index >= 15 is 0 Å². The number of hydrogen-bond acceptors (Lipinski definition) is 4. The third-order valence-corrected chi connectivity index (χ3v) is 3.42. The molecule has 2 rings (SSSR count). The van der Waals surface area contributed by atoms with Crippen LogP contribution in [0, 0.1) is 0 Å². The van der Waals surface area contributed by atoms with Crippen molar-refractivity contribution in [2.45, 2.75) is 19.9 Å². The van der Waals surface area contributed by atoms with E-state index in [9.17, 15) is 9.59 Å².